The van der Waals surface area contributed by atoms with E-state index in [2.05, 4.69) is 33.2 Å². The Bertz CT molecular complexity index is 711. The molecule has 1 rings (SSSR count). The lowest BCUT2D eigenvalue weighted by Crippen LogP contribution is -2.49. The molecule has 4 N–H and O–H groups in total. The van der Waals surface area contributed by atoms with Gasteiger partial charge in [0.05, 0.1) is 0 Å². The molecule has 0 aromatic heterocycles. The second-order valence-electron chi connectivity index (χ2n) is 8.49. The van der Waals surface area contributed by atoms with Crippen LogP contribution in [0.1, 0.15) is 59.4 Å². The van der Waals surface area contributed by atoms with Crippen molar-refractivity contribution in [3.8, 4) is 0 Å². The van der Waals surface area contributed by atoms with Crippen molar-refractivity contribution >= 4 is 23.6 Å². The average Bonchev–Trinajstić information content (AvgIpc) is 2.68. The summed E-state index contributed by atoms with van der Waals surface area (Å²) in [4.78, 5) is 27.4. The summed E-state index contributed by atoms with van der Waals surface area (Å²) in [6.45, 7) is 10.3. The highest BCUT2D eigenvalue weighted by Gasteiger charge is 2.18. The third-order valence-corrected chi connectivity index (χ3v) is 4.34. The van der Waals surface area contributed by atoms with Crippen molar-refractivity contribution in [3.05, 3.63) is 29.8 Å². The van der Waals surface area contributed by atoms with Gasteiger partial charge in [-0.2, -0.15) is 0 Å². The number of ether oxygens (including phenoxy) is 1. The Morgan fingerprint density at radius 2 is 1.81 bits per heavy atom. The fourth-order valence-electron chi connectivity index (χ4n) is 2.87. The van der Waals surface area contributed by atoms with Crippen LogP contribution in [0, 0.1) is 0 Å². The molecule has 8 nitrogen and oxygen atoms in total. The van der Waals surface area contributed by atoms with Gasteiger partial charge in [0.2, 0.25) is 5.91 Å². The quantitative estimate of drug-likeness (QED) is 0.334. The number of hydrogen-bond donors (Lipinski definition) is 4. The van der Waals surface area contributed by atoms with Crippen LogP contribution in [0.4, 0.5) is 10.5 Å². The second-order valence-corrected chi connectivity index (χ2v) is 8.49. The topological polar surface area (TPSA) is 104 Å². The first-order valence-corrected chi connectivity index (χ1v) is 10.9. The number of aliphatic imine (C=N–C) groups is 1. The zero-order valence-corrected chi connectivity index (χ0v) is 19.8. The van der Waals surface area contributed by atoms with E-state index in [4.69, 9.17) is 4.74 Å². The van der Waals surface area contributed by atoms with E-state index in [1.54, 1.807) is 7.05 Å². The van der Waals surface area contributed by atoms with Gasteiger partial charge in [0.1, 0.15) is 5.60 Å². The SMILES string of the molecule is CCCCC(CNC(=O)OC(C)(C)C)NC(=NC)NCCc1ccc(NC(C)=O)cc1. The third-order valence-electron chi connectivity index (χ3n) is 4.34. The first kappa shape index (κ1) is 26.3. The van der Waals surface area contributed by atoms with Gasteiger partial charge in [0.15, 0.2) is 5.96 Å². The van der Waals surface area contributed by atoms with Gasteiger partial charge in [-0.05, 0) is 51.3 Å². The second kappa shape index (κ2) is 13.5. The predicted octanol–water partition coefficient (Wildman–Crippen LogP) is 3.44. The Morgan fingerprint density at radius 3 is 2.35 bits per heavy atom. The van der Waals surface area contributed by atoms with Crippen molar-refractivity contribution in [1.82, 2.24) is 16.0 Å². The number of rotatable bonds is 10. The molecule has 0 bridgehead atoms. The summed E-state index contributed by atoms with van der Waals surface area (Å²) in [6.07, 6.45) is 3.44. The summed E-state index contributed by atoms with van der Waals surface area (Å²) in [6, 6.07) is 7.84. The Balaban J connectivity index is 2.51. The lowest BCUT2D eigenvalue weighted by atomic mass is 10.1. The lowest BCUT2D eigenvalue weighted by Gasteiger charge is -2.24. The number of guanidine groups is 1. The summed E-state index contributed by atoms with van der Waals surface area (Å²) in [5.74, 6) is 0.616. The normalized spacial score (nSPS) is 12.6. The van der Waals surface area contributed by atoms with Gasteiger partial charge in [-0.1, -0.05) is 31.9 Å². The number of nitrogens with one attached hydrogen (secondary N) is 4. The molecule has 0 saturated heterocycles. The molecular formula is C23H39N5O3. The van der Waals surface area contributed by atoms with Crippen LogP contribution >= 0.6 is 0 Å². The van der Waals surface area contributed by atoms with Gasteiger partial charge < -0.3 is 26.0 Å². The number of amides is 2. The highest BCUT2D eigenvalue weighted by atomic mass is 16.6. The van der Waals surface area contributed by atoms with Crippen molar-refractivity contribution in [2.24, 2.45) is 4.99 Å². The smallest absolute Gasteiger partial charge is 0.407 e. The van der Waals surface area contributed by atoms with Crippen LogP contribution in [0.2, 0.25) is 0 Å². The number of carbonyl (C=O) groups is 2. The highest BCUT2D eigenvalue weighted by Crippen LogP contribution is 2.10. The van der Waals surface area contributed by atoms with Crippen LogP contribution in [0.3, 0.4) is 0 Å². The third kappa shape index (κ3) is 12.5. The maximum atomic E-state index is 12.0. The molecule has 8 heteroatoms. The molecule has 0 aliphatic heterocycles. The van der Waals surface area contributed by atoms with Crippen LogP contribution < -0.4 is 21.3 Å². The van der Waals surface area contributed by atoms with E-state index < -0.39 is 11.7 Å². The van der Waals surface area contributed by atoms with E-state index in [0.29, 0.717) is 19.0 Å². The molecular weight excluding hydrogens is 394 g/mol. The summed E-state index contributed by atoms with van der Waals surface area (Å²) in [5.41, 5.74) is 1.43. The molecule has 2 amide bonds. The number of anilines is 1. The van der Waals surface area contributed by atoms with Crippen LogP contribution in [-0.4, -0.2) is 49.7 Å². The van der Waals surface area contributed by atoms with E-state index in [-0.39, 0.29) is 11.9 Å². The maximum absolute atomic E-state index is 12.0. The van der Waals surface area contributed by atoms with Gasteiger partial charge in [-0.25, -0.2) is 4.79 Å². The molecule has 1 unspecified atom stereocenters. The van der Waals surface area contributed by atoms with Gasteiger partial charge in [-0.15, -0.1) is 0 Å². The first-order valence-electron chi connectivity index (χ1n) is 10.9. The molecule has 1 aromatic rings. The molecule has 0 spiro atoms. The molecule has 1 atom stereocenters. The van der Waals surface area contributed by atoms with E-state index in [0.717, 1.165) is 36.9 Å². The summed E-state index contributed by atoms with van der Waals surface area (Å²) >= 11 is 0. The molecule has 31 heavy (non-hydrogen) atoms. The van der Waals surface area contributed by atoms with Crippen molar-refractivity contribution in [1.29, 1.82) is 0 Å². The Kier molecular flexibility index (Phi) is 11.5. The Labute approximate surface area is 186 Å². The Hall–Kier alpha value is -2.77. The van der Waals surface area contributed by atoms with Gasteiger partial charge in [-0.3, -0.25) is 9.79 Å². The van der Waals surface area contributed by atoms with Crippen molar-refractivity contribution in [2.45, 2.75) is 71.9 Å². The van der Waals surface area contributed by atoms with E-state index >= 15 is 0 Å². The standard InChI is InChI=1S/C23H39N5O3/c1-7-8-9-20(16-26-22(30)31-23(3,4)5)28-21(24-6)25-15-14-18-10-12-19(13-11-18)27-17(2)29/h10-13,20H,7-9,14-16H2,1-6H3,(H,26,30)(H,27,29)(H2,24,25,28). The molecule has 0 aliphatic rings. The highest BCUT2D eigenvalue weighted by molar-refractivity contribution is 5.88. The summed E-state index contributed by atoms with van der Waals surface area (Å²) in [5, 5.41) is 12.3. The van der Waals surface area contributed by atoms with E-state index in [1.165, 1.54) is 6.92 Å². The summed E-state index contributed by atoms with van der Waals surface area (Å²) < 4.78 is 5.32. The predicted molar refractivity (Wildman–Crippen MR) is 126 cm³/mol. The minimum Gasteiger partial charge on any atom is -0.444 e. The Morgan fingerprint density at radius 1 is 1.13 bits per heavy atom. The fraction of sp³-hybridized carbons (Fsp3) is 0.609. The van der Waals surface area contributed by atoms with Crippen molar-refractivity contribution in [2.75, 3.05) is 25.5 Å². The number of unbranched alkanes of at least 4 members (excludes halogenated alkanes) is 1. The lowest BCUT2D eigenvalue weighted by molar-refractivity contribution is -0.114. The molecule has 1 aromatic carbocycles. The number of hydrogen-bond acceptors (Lipinski definition) is 4. The van der Waals surface area contributed by atoms with Crippen molar-refractivity contribution in [3.63, 3.8) is 0 Å². The van der Waals surface area contributed by atoms with E-state index in [1.807, 2.05) is 45.0 Å². The van der Waals surface area contributed by atoms with Crippen LogP contribution in [0.25, 0.3) is 0 Å². The minimum absolute atomic E-state index is 0.0515. The number of benzene rings is 1. The van der Waals surface area contributed by atoms with Crippen LogP contribution in [-0.2, 0) is 16.0 Å². The van der Waals surface area contributed by atoms with Gasteiger partial charge in [0, 0.05) is 38.8 Å². The monoisotopic (exact) mass is 433 g/mol. The van der Waals surface area contributed by atoms with Crippen molar-refractivity contribution < 1.29 is 14.3 Å². The van der Waals surface area contributed by atoms with Gasteiger partial charge >= 0.3 is 6.09 Å². The van der Waals surface area contributed by atoms with E-state index in [9.17, 15) is 9.59 Å². The largest absolute Gasteiger partial charge is 0.444 e. The first-order chi connectivity index (χ1) is 14.6. The zero-order chi connectivity index (χ0) is 23.3. The number of nitrogens with zero attached hydrogens (tertiary/aromatic N) is 1. The maximum Gasteiger partial charge on any atom is 0.407 e. The van der Waals surface area contributed by atoms with Crippen LogP contribution in [0.5, 0.6) is 0 Å². The minimum atomic E-state index is -0.519. The molecule has 174 valence electrons. The van der Waals surface area contributed by atoms with Gasteiger partial charge in [0.25, 0.3) is 0 Å². The average molecular weight is 434 g/mol. The molecule has 0 heterocycles. The molecule has 0 aliphatic carbocycles. The number of alkyl carbamates (subject to hydrolysis) is 1. The molecule has 0 fully saturated rings. The fourth-order valence-corrected chi connectivity index (χ4v) is 2.87. The van der Waals surface area contributed by atoms with Crippen LogP contribution in [0.15, 0.2) is 29.3 Å². The summed E-state index contributed by atoms with van der Waals surface area (Å²) in [7, 11) is 1.73. The molecule has 0 radical (unpaired) electrons. The number of carbonyl (C=O) groups excluding carboxylic acids is 2. The zero-order valence-electron chi connectivity index (χ0n) is 19.8. The molecule has 0 saturated carbocycles.